The van der Waals surface area contributed by atoms with Crippen molar-refractivity contribution in [2.45, 2.75) is 0 Å². The maximum atomic E-state index is 8.44. The Morgan fingerprint density at radius 3 is 1.39 bits per heavy atom. The van der Waals surface area contributed by atoms with E-state index in [2.05, 4.69) is 47.4 Å². The molecule has 0 atom stereocenters. The van der Waals surface area contributed by atoms with Crippen LogP contribution in [0.4, 0.5) is 0 Å². The monoisotopic (exact) mass is 234 g/mol. The summed E-state index contributed by atoms with van der Waals surface area (Å²) in [5.41, 5.74) is 1.66. The summed E-state index contributed by atoms with van der Waals surface area (Å²) in [7, 11) is 0. The van der Waals surface area contributed by atoms with Crippen LogP contribution in [0.3, 0.4) is 0 Å². The minimum absolute atomic E-state index is 0.182. The molecule has 0 fully saturated rings. The second-order valence-corrected chi connectivity index (χ2v) is 3.00. The zero-order chi connectivity index (χ0) is 13.1. The van der Waals surface area contributed by atoms with Gasteiger partial charge in [-0.05, 0) is 47.9 Å². The highest BCUT2D eigenvalue weighted by Gasteiger charge is 1.87. The van der Waals surface area contributed by atoms with Crippen molar-refractivity contribution in [1.29, 1.82) is 0 Å². The summed E-state index contributed by atoms with van der Waals surface area (Å²) in [5.74, 6) is 20.8. The molecule has 2 N–H and O–H groups in total. The van der Waals surface area contributed by atoms with Gasteiger partial charge in [-0.15, -0.1) is 0 Å². The van der Waals surface area contributed by atoms with Crippen molar-refractivity contribution in [1.82, 2.24) is 0 Å². The molecule has 2 nitrogen and oxygen atoms in total. The molecule has 0 aliphatic heterocycles. The first-order valence-electron chi connectivity index (χ1n) is 5.16. The lowest BCUT2D eigenvalue weighted by molar-refractivity contribution is 0.350. The number of hydrogen-bond acceptors (Lipinski definition) is 2. The van der Waals surface area contributed by atoms with Crippen LogP contribution in [0.25, 0.3) is 0 Å². The number of rotatable bonds is 0. The van der Waals surface area contributed by atoms with E-state index in [1.807, 2.05) is 24.3 Å². The Kier molecular flexibility index (Phi) is 6.37. The van der Waals surface area contributed by atoms with Crippen LogP contribution in [0.1, 0.15) is 11.1 Å². The average molecular weight is 234 g/mol. The molecular formula is C16H10O2. The average Bonchev–Trinajstić information content (AvgIpc) is 2.41. The summed E-state index contributed by atoms with van der Waals surface area (Å²) >= 11 is 0. The molecule has 1 aromatic carbocycles. The maximum Gasteiger partial charge on any atom is 0.105 e. The topological polar surface area (TPSA) is 40.5 Å². The number of hydrogen-bond donors (Lipinski definition) is 2. The van der Waals surface area contributed by atoms with E-state index >= 15 is 0 Å². The summed E-state index contributed by atoms with van der Waals surface area (Å²) < 4.78 is 0. The number of aliphatic hydroxyl groups is 2. The van der Waals surface area contributed by atoms with E-state index in [1.165, 1.54) is 0 Å². The van der Waals surface area contributed by atoms with Crippen LogP contribution in [0.5, 0.6) is 0 Å². The Labute approximate surface area is 107 Å². The molecule has 86 valence electrons. The minimum Gasteiger partial charge on any atom is -0.384 e. The Balaban J connectivity index is 2.72. The second kappa shape index (κ2) is 8.52. The highest BCUT2D eigenvalue weighted by Crippen LogP contribution is 2.01. The third-order valence-corrected chi connectivity index (χ3v) is 1.76. The van der Waals surface area contributed by atoms with Crippen LogP contribution in [-0.4, -0.2) is 23.4 Å². The smallest absolute Gasteiger partial charge is 0.105 e. The first-order chi connectivity index (χ1) is 8.86. The summed E-state index contributed by atoms with van der Waals surface area (Å²) in [5, 5.41) is 16.9. The first-order valence-corrected chi connectivity index (χ1v) is 5.16. The lowest BCUT2D eigenvalue weighted by Gasteiger charge is -1.90. The van der Waals surface area contributed by atoms with Crippen LogP contribution in [-0.2, 0) is 0 Å². The molecule has 0 amide bonds. The molecule has 0 aliphatic rings. The van der Waals surface area contributed by atoms with Gasteiger partial charge >= 0.3 is 0 Å². The SMILES string of the molecule is OCC#CC#Cc1ccc(C#CC#CCO)cc1. The van der Waals surface area contributed by atoms with E-state index in [1.54, 1.807) is 0 Å². The van der Waals surface area contributed by atoms with Gasteiger partial charge in [0.05, 0.1) is 0 Å². The normalized spacial score (nSPS) is 7.22. The van der Waals surface area contributed by atoms with E-state index in [9.17, 15) is 0 Å². The van der Waals surface area contributed by atoms with Gasteiger partial charge in [0.15, 0.2) is 0 Å². The molecule has 18 heavy (non-hydrogen) atoms. The lowest BCUT2D eigenvalue weighted by atomic mass is 10.1. The van der Waals surface area contributed by atoms with Crippen LogP contribution in [0.15, 0.2) is 24.3 Å². The van der Waals surface area contributed by atoms with Crippen molar-refractivity contribution in [3.05, 3.63) is 35.4 Å². The highest BCUT2D eigenvalue weighted by atomic mass is 16.3. The Hall–Kier alpha value is -2.62. The second-order valence-electron chi connectivity index (χ2n) is 3.00. The fourth-order valence-electron chi connectivity index (χ4n) is 1.01. The Morgan fingerprint density at radius 2 is 1.06 bits per heavy atom. The Morgan fingerprint density at radius 1 is 0.667 bits per heavy atom. The molecule has 0 heterocycles. The van der Waals surface area contributed by atoms with E-state index in [4.69, 9.17) is 10.2 Å². The summed E-state index contributed by atoms with van der Waals surface area (Å²) in [6.07, 6.45) is 0. The zero-order valence-electron chi connectivity index (χ0n) is 9.62. The molecule has 0 unspecified atom stereocenters. The standard InChI is InChI=1S/C16H10O2/c17-13-5-1-3-7-15-9-11-16(12-10-15)8-4-2-6-14-18/h9-12,17-18H,13-14H2. The van der Waals surface area contributed by atoms with Gasteiger partial charge < -0.3 is 10.2 Å². The van der Waals surface area contributed by atoms with Gasteiger partial charge in [-0.25, -0.2) is 0 Å². The van der Waals surface area contributed by atoms with Crippen molar-refractivity contribution < 1.29 is 10.2 Å². The number of aliphatic hydroxyl groups excluding tert-OH is 2. The quantitative estimate of drug-likeness (QED) is 0.637. The van der Waals surface area contributed by atoms with Crippen LogP contribution < -0.4 is 0 Å². The largest absolute Gasteiger partial charge is 0.384 e. The van der Waals surface area contributed by atoms with E-state index in [0.29, 0.717) is 0 Å². The van der Waals surface area contributed by atoms with E-state index in [0.717, 1.165) is 11.1 Å². The summed E-state index contributed by atoms with van der Waals surface area (Å²) in [6, 6.07) is 7.32. The molecule has 2 heteroatoms. The fourth-order valence-corrected chi connectivity index (χ4v) is 1.01. The van der Waals surface area contributed by atoms with Crippen LogP contribution >= 0.6 is 0 Å². The summed E-state index contributed by atoms with van der Waals surface area (Å²) in [6.45, 7) is -0.365. The third-order valence-electron chi connectivity index (χ3n) is 1.76. The Bertz CT molecular complexity index is 565. The third kappa shape index (κ3) is 5.46. The molecule has 0 radical (unpaired) electrons. The van der Waals surface area contributed by atoms with Gasteiger partial charge in [0, 0.05) is 11.1 Å². The predicted octanol–water partition coefficient (Wildman–Crippen LogP) is 0.381. The van der Waals surface area contributed by atoms with E-state index in [-0.39, 0.29) is 13.2 Å². The van der Waals surface area contributed by atoms with Crippen molar-refractivity contribution >= 4 is 0 Å². The lowest BCUT2D eigenvalue weighted by Crippen LogP contribution is -1.77. The van der Waals surface area contributed by atoms with Gasteiger partial charge in [-0.2, -0.15) is 0 Å². The predicted molar refractivity (Wildman–Crippen MR) is 69.9 cm³/mol. The molecule has 0 aromatic heterocycles. The van der Waals surface area contributed by atoms with Crippen molar-refractivity contribution in [2.75, 3.05) is 13.2 Å². The maximum absolute atomic E-state index is 8.44. The van der Waals surface area contributed by atoms with Gasteiger partial charge in [0.1, 0.15) is 13.2 Å². The molecule has 0 saturated heterocycles. The molecule has 1 rings (SSSR count). The van der Waals surface area contributed by atoms with Gasteiger partial charge in [-0.3, -0.25) is 0 Å². The van der Waals surface area contributed by atoms with Crippen LogP contribution in [0.2, 0.25) is 0 Å². The molecule has 1 aromatic rings. The van der Waals surface area contributed by atoms with Gasteiger partial charge in [0.2, 0.25) is 0 Å². The zero-order valence-corrected chi connectivity index (χ0v) is 9.62. The molecule has 0 spiro atoms. The minimum atomic E-state index is -0.182. The molecule has 0 saturated carbocycles. The number of benzene rings is 1. The first kappa shape index (κ1) is 13.4. The van der Waals surface area contributed by atoms with E-state index < -0.39 is 0 Å². The highest BCUT2D eigenvalue weighted by molar-refractivity contribution is 5.45. The van der Waals surface area contributed by atoms with Crippen molar-refractivity contribution in [2.24, 2.45) is 0 Å². The van der Waals surface area contributed by atoms with Crippen molar-refractivity contribution in [3.63, 3.8) is 0 Å². The molecule has 0 aliphatic carbocycles. The molecular weight excluding hydrogens is 224 g/mol. The van der Waals surface area contributed by atoms with Crippen LogP contribution in [0, 0.1) is 47.4 Å². The van der Waals surface area contributed by atoms with Crippen molar-refractivity contribution in [3.8, 4) is 47.4 Å². The fraction of sp³-hybridized carbons (Fsp3) is 0.125. The van der Waals surface area contributed by atoms with Gasteiger partial charge in [-0.1, -0.05) is 23.7 Å². The van der Waals surface area contributed by atoms with Gasteiger partial charge in [0.25, 0.3) is 0 Å². The molecule has 0 bridgehead atoms. The summed E-state index contributed by atoms with van der Waals surface area (Å²) in [4.78, 5) is 0.